The maximum Gasteiger partial charge on any atom is 0.255 e. The molecule has 4 aromatic rings. The number of alkyl halides is 2. The van der Waals surface area contributed by atoms with Crippen molar-refractivity contribution in [3.05, 3.63) is 106 Å². The van der Waals surface area contributed by atoms with Crippen LogP contribution in [-0.2, 0) is 22.6 Å². The number of hydrogen-bond donors (Lipinski definition) is 2. The van der Waals surface area contributed by atoms with Gasteiger partial charge in [-0.3, -0.25) is 24.2 Å². The summed E-state index contributed by atoms with van der Waals surface area (Å²) in [5, 5.41) is 3.71. The molecule has 6 aliphatic heterocycles. The van der Waals surface area contributed by atoms with E-state index in [2.05, 4.69) is 26.7 Å². The SMILES string of the molecule is C=C1NC(=O)CCC1N1Cc2cc3c(cc2C1=O)OC[C@@H]1CN(CC(=O)N2CCC(c4cc(F)c(C5c6[nH]c7ccccc7c6C[C@@H](C)N5CC(F)F)c(F)c4)CC2)CCN31. The quantitative estimate of drug-likeness (QED) is 0.218. The number of carbonyl (C=O) groups is 3. The van der Waals surface area contributed by atoms with Gasteiger partial charge in [-0.25, -0.2) is 17.6 Å². The minimum Gasteiger partial charge on any atom is -0.489 e. The lowest BCUT2D eigenvalue weighted by atomic mass is 9.85. The highest BCUT2D eigenvalue weighted by Crippen LogP contribution is 2.45. The Labute approximate surface area is 351 Å². The van der Waals surface area contributed by atoms with Crippen LogP contribution in [0.5, 0.6) is 5.75 Å². The number of H-pyrrole nitrogens is 1. The molecule has 0 saturated carbocycles. The molecule has 0 bridgehead atoms. The molecular formula is C46H49F4N7O4. The highest BCUT2D eigenvalue weighted by atomic mass is 19.3. The molecule has 3 saturated heterocycles. The second-order valence-corrected chi connectivity index (χ2v) is 17.6. The van der Waals surface area contributed by atoms with E-state index >= 15 is 8.78 Å². The maximum atomic E-state index is 16.3. The molecule has 7 heterocycles. The summed E-state index contributed by atoms with van der Waals surface area (Å²) in [5.41, 5.74) is 5.54. The number of benzene rings is 3. The first-order valence-corrected chi connectivity index (χ1v) is 21.4. The average Bonchev–Trinajstić information content (AvgIpc) is 3.76. The van der Waals surface area contributed by atoms with E-state index in [-0.39, 0.29) is 53.9 Å². The molecule has 320 valence electrons. The van der Waals surface area contributed by atoms with Crippen molar-refractivity contribution in [2.45, 2.75) is 82.1 Å². The molecule has 4 atom stereocenters. The van der Waals surface area contributed by atoms with Gasteiger partial charge in [-0.1, -0.05) is 24.8 Å². The topological polar surface area (TPSA) is 104 Å². The molecule has 0 aliphatic carbocycles. The van der Waals surface area contributed by atoms with Crippen LogP contribution in [-0.4, -0.2) is 119 Å². The van der Waals surface area contributed by atoms with Gasteiger partial charge in [0.1, 0.15) is 24.0 Å². The molecule has 3 fully saturated rings. The van der Waals surface area contributed by atoms with Crippen molar-refractivity contribution in [2.24, 2.45) is 0 Å². The van der Waals surface area contributed by atoms with E-state index in [9.17, 15) is 23.2 Å². The third kappa shape index (κ3) is 7.03. The van der Waals surface area contributed by atoms with E-state index in [0.29, 0.717) is 106 Å². The smallest absolute Gasteiger partial charge is 0.255 e. The van der Waals surface area contributed by atoms with Gasteiger partial charge in [0.25, 0.3) is 12.3 Å². The van der Waals surface area contributed by atoms with Crippen LogP contribution in [0, 0.1) is 11.6 Å². The Morgan fingerprint density at radius 1 is 0.984 bits per heavy atom. The second-order valence-electron chi connectivity index (χ2n) is 17.6. The molecule has 10 rings (SSSR count). The minimum atomic E-state index is -2.68. The van der Waals surface area contributed by atoms with Crippen LogP contribution in [0.2, 0.25) is 0 Å². The number of ether oxygens (including phenoxy) is 1. The summed E-state index contributed by atoms with van der Waals surface area (Å²) >= 11 is 0. The minimum absolute atomic E-state index is 0.00771. The summed E-state index contributed by atoms with van der Waals surface area (Å²) < 4.78 is 66.7. The number of likely N-dealkylation sites (tertiary alicyclic amines) is 1. The normalized spacial score (nSPS) is 24.8. The number of amides is 3. The number of aromatic amines is 1. The van der Waals surface area contributed by atoms with Crippen molar-refractivity contribution in [1.29, 1.82) is 0 Å². The Kier molecular flexibility index (Phi) is 10.1. The van der Waals surface area contributed by atoms with Gasteiger partial charge in [0, 0.05) is 85.2 Å². The van der Waals surface area contributed by atoms with Gasteiger partial charge in [-0.05, 0) is 85.5 Å². The average molecular weight is 840 g/mol. The number of piperidine rings is 2. The molecule has 0 spiro atoms. The molecule has 61 heavy (non-hydrogen) atoms. The largest absolute Gasteiger partial charge is 0.489 e. The van der Waals surface area contributed by atoms with Crippen LogP contribution in [0.25, 0.3) is 10.9 Å². The molecule has 11 nitrogen and oxygen atoms in total. The molecule has 3 aromatic carbocycles. The van der Waals surface area contributed by atoms with E-state index in [4.69, 9.17) is 4.74 Å². The van der Waals surface area contributed by atoms with Gasteiger partial charge in [-0.2, -0.15) is 0 Å². The monoisotopic (exact) mass is 839 g/mol. The van der Waals surface area contributed by atoms with Crippen molar-refractivity contribution >= 4 is 34.3 Å². The number of aromatic nitrogens is 1. The summed E-state index contributed by atoms with van der Waals surface area (Å²) in [4.78, 5) is 51.9. The van der Waals surface area contributed by atoms with Crippen LogP contribution in [0.3, 0.4) is 0 Å². The fraction of sp³-hybridized carbons (Fsp3) is 0.457. The first-order valence-electron chi connectivity index (χ1n) is 21.4. The summed E-state index contributed by atoms with van der Waals surface area (Å²) in [6, 6.07) is 12.6. The Morgan fingerprint density at radius 2 is 1.75 bits per heavy atom. The molecule has 6 aliphatic rings. The van der Waals surface area contributed by atoms with Gasteiger partial charge in [0.05, 0.1) is 36.9 Å². The fourth-order valence-corrected chi connectivity index (χ4v) is 10.9. The van der Waals surface area contributed by atoms with Gasteiger partial charge in [0.2, 0.25) is 11.8 Å². The van der Waals surface area contributed by atoms with Crippen LogP contribution in [0.4, 0.5) is 23.2 Å². The summed E-state index contributed by atoms with van der Waals surface area (Å²) in [5.74, 6) is -1.18. The molecule has 2 unspecified atom stereocenters. The fourth-order valence-electron chi connectivity index (χ4n) is 10.9. The van der Waals surface area contributed by atoms with Crippen molar-refractivity contribution < 1.29 is 36.7 Å². The van der Waals surface area contributed by atoms with E-state index in [1.165, 1.54) is 17.0 Å². The molecule has 15 heteroatoms. The lowest BCUT2D eigenvalue weighted by Crippen LogP contribution is -2.58. The zero-order valence-electron chi connectivity index (χ0n) is 34.1. The maximum absolute atomic E-state index is 16.3. The highest BCUT2D eigenvalue weighted by Gasteiger charge is 2.42. The Bertz CT molecular complexity index is 2430. The summed E-state index contributed by atoms with van der Waals surface area (Å²) in [6.07, 6.45) is -0.226. The van der Waals surface area contributed by atoms with E-state index in [0.717, 1.165) is 27.7 Å². The van der Waals surface area contributed by atoms with Gasteiger partial charge in [-0.15, -0.1) is 0 Å². The third-order valence-corrected chi connectivity index (χ3v) is 14.0. The molecule has 2 N–H and O–H groups in total. The second kappa shape index (κ2) is 15.5. The lowest BCUT2D eigenvalue weighted by molar-refractivity contribution is -0.133. The number of nitrogens with zero attached hydrogens (tertiary/aromatic N) is 5. The zero-order valence-corrected chi connectivity index (χ0v) is 34.1. The number of nitrogens with one attached hydrogen (secondary N) is 2. The standard InChI is InChI=1S/C46H49F4N7O4/c1-25-15-33-31-5-3-4-6-36(31)52-44(33)45(56(25)22-40(49)50)43-34(47)16-28(17-35(43)48)27-9-11-54(12-10-27)42(59)23-53-13-14-55-30(21-53)24-61-39-19-32-29(18-38(39)55)20-57(46(32)60)37-7-8-41(58)51-26(37)2/h3-6,16-19,25,27,30,37,40,45,52H,2,7-15,20-24H2,1H3,(H,51,58)/t25-,30+,37?,45?/m1/s1. The Balaban J connectivity index is 0.775. The first-order chi connectivity index (χ1) is 29.4. The van der Waals surface area contributed by atoms with E-state index < -0.39 is 30.6 Å². The van der Waals surface area contributed by atoms with E-state index in [1.54, 1.807) is 4.90 Å². The number of rotatable bonds is 7. The Hall–Kier alpha value is -5.41. The number of hydrogen-bond acceptors (Lipinski definition) is 7. The Morgan fingerprint density at radius 3 is 2.51 bits per heavy atom. The lowest BCUT2D eigenvalue weighted by Gasteiger charge is -2.46. The van der Waals surface area contributed by atoms with Crippen molar-refractivity contribution in [1.82, 2.24) is 29.9 Å². The third-order valence-electron chi connectivity index (χ3n) is 14.0. The van der Waals surface area contributed by atoms with Crippen molar-refractivity contribution in [3.8, 4) is 5.75 Å². The van der Waals surface area contributed by atoms with Crippen molar-refractivity contribution in [2.75, 3.05) is 57.3 Å². The van der Waals surface area contributed by atoms with Gasteiger partial charge in [0.15, 0.2) is 0 Å². The highest BCUT2D eigenvalue weighted by molar-refractivity contribution is 6.00. The first kappa shape index (κ1) is 39.7. The predicted molar refractivity (Wildman–Crippen MR) is 221 cm³/mol. The summed E-state index contributed by atoms with van der Waals surface area (Å²) in [6.45, 7) is 9.21. The predicted octanol–water partition coefficient (Wildman–Crippen LogP) is 6.08. The van der Waals surface area contributed by atoms with Crippen LogP contribution < -0.4 is 15.0 Å². The molecule has 3 amide bonds. The summed E-state index contributed by atoms with van der Waals surface area (Å²) in [7, 11) is 0. The molecular weight excluding hydrogens is 791 g/mol. The number of fused-ring (bicyclic) bond motifs is 7. The van der Waals surface area contributed by atoms with Gasteiger partial charge < -0.3 is 29.7 Å². The molecule has 1 aromatic heterocycles. The number of anilines is 1. The number of para-hydroxylation sites is 1. The van der Waals surface area contributed by atoms with Crippen LogP contribution >= 0.6 is 0 Å². The molecule has 0 radical (unpaired) electrons. The zero-order chi connectivity index (χ0) is 42.3. The van der Waals surface area contributed by atoms with Crippen LogP contribution in [0.1, 0.15) is 82.9 Å². The number of carbonyl (C=O) groups excluding carboxylic acids is 3. The van der Waals surface area contributed by atoms with Crippen LogP contribution in [0.15, 0.2) is 60.8 Å². The number of halogens is 4. The van der Waals surface area contributed by atoms with E-state index in [1.807, 2.05) is 48.2 Å². The number of piperazine rings is 1. The van der Waals surface area contributed by atoms with Gasteiger partial charge >= 0.3 is 0 Å². The van der Waals surface area contributed by atoms with Crippen molar-refractivity contribution in [3.63, 3.8) is 0 Å².